The van der Waals surface area contributed by atoms with Crippen LogP contribution in [0.2, 0.25) is 0 Å². The van der Waals surface area contributed by atoms with Crippen LogP contribution in [-0.2, 0) is 0 Å². The zero-order valence-electron chi connectivity index (χ0n) is 14.0. The van der Waals surface area contributed by atoms with Crippen LogP contribution in [0.1, 0.15) is 32.3 Å². The summed E-state index contributed by atoms with van der Waals surface area (Å²) >= 11 is 0. The highest BCUT2D eigenvalue weighted by molar-refractivity contribution is 5.89. The quantitative estimate of drug-likeness (QED) is 0.821. The van der Waals surface area contributed by atoms with Gasteiger partial charge in [-0.1, -0.05) is 13.8 Å². The Kier molecular flexibility index (Phi) is 6.42. The van der Waals surface area contributed by atoms with E-state index in [1.54, 1.807) is 24.3 Å². The zero-order chi connectivity index (χ0) is 16.7. The molecule has 0 saturated carbocycles. The topological polar surface area (TPSA) is 68.2 Å². The molecule has 1 aromatic carbocycles. The summed E-state index contributed by atoms with van der Waals surface area (Å²) in [4.78, 5) is 14.3. The van der Waals surface area contributed by atoms with E-state index >= 15 is 0 Å². The standard InChI is InChI=1S/C18H26N4O/c1-14-10-15(2)13-22(12-14)9-3-8-20-18(23)21-17-6-4-16(11-19)5-7-17/h4-7,14-15H,3,8-10,12-13H2,1-2H3,(H2,20,21,23)/t14-,15-/m0/s1. The normalized spacial score (nSPS) is 21.4. The first-order valence-electron chi connectivity index (χ1n) is 8.34. The number of likely N-dealkylation sites (tertiary alicyclic amines) is 1. The molecule has 0 bridgehead atoms. The van der Waals surface area contributed by atoms with Crippen molar-refractivity contribution in [1.29, 1.82) is 5.26 Å². The first-order valence-corrected chi connectivity index (χ1v) is 8.34. The van der Waals surface area contributed by atoms with Gasteiger partial charge in [0.1, 0.15) is 0 Å². The summed E-state index contributed by atoms with van der Waals surface area (Å²) in [6.07, 6.45) is 2.28. The van der Waals surface area contributed by atoms with Gasteiger partial charge >= 0.3 is 6.03 Å². The highest BCUT2D eigenvalue weighted by atomic mass is 16.2. The average molecular weight is 314 g/mol. The first-order chi connectivity index (χ1) is 11.1. The van der Waals surface area contributed by atoms with E-state index in [0.717, 1.165) is 24.8 Å². The Morgan fingerprint density at radius 2 is 1.91 bits per heavy atom. The van der Waals surface area contributed by atoms with Crippen LogP contribution in [0, 0.1) is 23.2 Å². The molecule has 2 rings (SSSR count). The Balaban J connectivity index is 1.63. The van der Waals surface area contributed by atoms with Gasteiger partial charge in [0, 0.05) is 25.3 Å². The maximum atomic E-state index is 11.8. The first kappa shape index (κ1) is 17.3. The lowest BCUT2D eigenvalue weighted by Crippen LogP contribution is -2.40. The summed E-state index contributed by atoms with van der Waals surface area (Å²) in [5.41, 5.74) is 1.28. The summed E-state index contributed by atoms with van der Waals surface area (Å²) in [6, 6.07) is 8.69. The number of piperidine rings is 1. The molecule has 1 fully saturated rings. The Bertz CT molecular complexity index is 539. The van der Waals surface area contributed by atoms with E-state index in [2.05, 4.69) is 35.5 Å². The number of hydrogen-bond donors (Lipinski definition) is 2. The lowest BCUT2D eigenvalue weighted by molar-refractivity contribution is 0.140. The van der Waals surface area contributed by atoms with Gasteiger partial charge in [-0.15, -0.1) is 0 Å². The van der Waals surface area contributed by atoms with Crippen LogP contribution >= 0.6 is 0 Å². The third kappa shape index (κ3) is 5.91. The van der Waals surface area contributed by atoms with Gasteiger partial charge in [0.05, 0.1) is 11.6 Å². The second-order valence-corrected chi connectivity index (χ2v) is 6.63. The van der Waals surface area contributed by atoms with E-state index < -0.39 is 0 Å². The van der Waals surface area contributed by atoms with E-state index in [1.807, 2.05) is 0 Å². The van der Waals surface area contributed by atoms with Crippen LogP contribution < -0.4 is 10.6 Å². The molecule has 0 unspecified atom stereocenters. The number of nitrogens with one attached hydrogen (secondary N) is 2. The third-order valence-electron chi connectivity index (χ3n) is 4.15. The van der Waals surface area contributed by atoms with Gasteiger partial charge in [-0.05, 0) is 55.5 Å². The van der Waals surface area contributed by atoms with E-state index in [0.29, 0.717) is 17.8 Å². The van der Waals surface area contributed by atoms with Gasteiger partial charge in [-0.25, -0.2) is 4.79 Å². The molecule has 0 aliphatic carbocycles. The second-order valence-electron chi connectivity index (χ2n) is 6.63. The van der Waals surface area contributed by atoms with Crippen molar-refractivity contribution in [1.82, 2.24) is 10.2 Å². The third-order valence-corrected chi connectivity index (χ3v) is 4.15. The van der Waals surface area contributed by atoms with E-state index in [4.69, 9.17) is 5.26 Å². The Hall–Kier alpha value is -2.06. The molecule has 0 radical (unpaired) electrons. The number of benzene rings is 1. The van der Waals surface area contributed by atoms with E-state index in [9.17, 15) is 4.79 Å². The van der Waals surface area contributed by atoms with Crippen molar-refractivity contribution >= 4 is 11.7 Å². The average Bonchev–Trinajstić information content (AvgIpc) is 2.51. The van der Waals surface area contributed by atoms with Crippen molar-refractivity contribution in [2.45, 2.75) is 26.7 Å². The van der Waals surface area contributed by atoms with Gasteiger partial charge in [0.25, 0.3) is 0 Å². The summed E-state index contributed by atoms with van der Waals surface area (Å²) in [6.45, 7) is 8.66. The molecule has 23 heavy (non-hydrogen) atoms. The molecule has 5 heteroatoms. The number of urea groups is 1. The Morgan fingerprint density at radius 3 is 2.52 bits per heavy atom. The molecule has 2 N–H and O–H groups in total. The van der Waals surface area contributed by atoms with Crippen molar-refractivity contribution in [3.8, 4) is 6.07 Å². The number of nitriles is 1. The molecule has 5 nitrogen and oxygen atoms in total. The molecular formula is C18H26N4O. The number of carbonyl (C=O) groups is 1. The van der Waals surface area contributed by atoms with Crippen LogP contribution in [-0.4, -0.2) is 37.1 Å². The highest BCUT2D eigenvalue weighted by Crippen LogP contribution is 2.20. The van der Waals surface area contributed by atoms with Gasteiger partial charge in [0.2, 0.25) is 0 Å². The SMILES string of the molecule is C[C@H]1C[C@H](C)CN(CCCNC(=O)Nc2ccc(C#N)cc2)C1. The van der Waals surface area contributed by atoms with Crippen molar-refractivity contribution in [2.24, 2.45) is 11.8 Å². The summed E-state index contributed by atoms with van der Waals surface area (Å²) in [5, 5.41) is 14.4. The number of carbonyl (C=O) groups excluding carboxylic acids is 1. The van der Waals surface area contributed by atoms with Gasteiger partial charge in [-0.2, -0.15) is 5.26 Å². The Labute approximate surface area is 138 Å². The highest BCUT2D eigenvalue weighted by Gasteiger charge is 2.20. The van der Waals surface area contributed by atoms with Gasteiger partial charge < -0.3 is 15.5 Å². The fourth-order valence-electron chi connectivity index (χ4n) is 3.28. The molecule has 1 aromatic rings. The van der Waals surface area contributed by atoms with Crippen molar-refractivity contribution in [3.05, 3.63) is 29.8 Å². The molecule has 0 aromatic heterocycles. The smallest absolute Gasteiger partial charge is 0.319 e. The van der Waals surface area contributed by atoms with Crippen molar-refractivity contribution in [2.75, 3.05) is 31.5 Å². The number of amides is 2. The number of hydrogen-bond acceptors (Lipinski definition) is 3. The summed E-state index contributed by atoms with van der Waals surface area (Å²) in [7, 11) is 0. The minimum absolute atomic E-state index is 0.199. The lowest BCUT2D eigenvalue weighted by atomic mass is 9.92. The molecule has 1 aliphatic heterocycles. The largest absolute Gasteiger partial charge is 0.338 e. The summed E-state index contributed by atoms with van der Waals surface area (Å²) < 4.78 is 0. The monoisotopic (exact) mass is 314 g/mol. The molecule has 2 amide bonds. The molecule has 1 aliphatic rings. The molecule has 124 valence electrons. The fourth-order valence-corrected chi connectivity index (χ4v) is 3.28. The van der Waals surface area contributed by atoms with Crippen LogP contribution in [0.3, 0.4) is 0 Å². The summed E-state index contributed by atoms with van der Waals surface area (Å²) in [5.74, 6) is 1.54. The van der Waals surface area contributed by atoms with Gasteiger partial charge in [0.15, 0.2) is 0 Å². The number of rotatable bonds is 5. The Morgan fingerprint density at radius 1 is 1.26 bits per heavy atom. The van der Waals surface area contributed by atoms with Gasteiger partial charge in [-0.3, -0.25) is 0 Å². The van der Waals surface area contributed by atoms with Crippen molar-refractivity contribution in [3.63, 3.8) is 0 Å². The van der Waals surface area contributed by atoms with E-state index in [1.165, 1.54) is 19.5 Å². The maximum absolute atomic E-state index is 11.8. The fraction of sp³-hybridized carbons (Fsp3) is 0.556. The van der Waals surface area contributed by atoms with Crippen LogP contribution in [0.4, 0.5) is 10.5 Å². The van der Waals surface area contributed by atoms with Crippen LogP contribution in [0.5, 0.6) is 0 Å². The zero-order valence-corrected chi connectivity index (χ0v) is 14.0. The van der Waals surface area contributed by atoms with Crippen LogP contribution in [0.15, 0.2) is 24.3 Å². The maximum Gasteiger partial charge on any atom is 0.319 e. The molecule has 1 saturated heterocycles. The number of nitrogens with zero attached hydrogens (tertiary/aromatic N) is 2. The second kappa shape index (κ2) is 8.54. The minimum atomic E-state index is -0.199. The number of anilines is 1. The van der Waals surface area contributed by atoms with Crippen LogP contribution in [0.25, 0.3) is 0 Å². The minimum Gasteiger partial charge on any atom is -0.338 e. The predicted molar refractivity (Wildman–Crippen MR) is 92.2 cm³/mol. The lowest BCUT2D eigenvalue weighted by Gasteiger charge is -2.34. The van der Waals surface area contributed by atoms with Crippen molar-refractivity contribution < 1.29 is 4.79 Å². The van der Waals surface area contributed by atoms with E-state index in [-0.39, 0.29) is 6.03 Å². The molecular weight excluding hydrogens is 288 g/mol. The molecule has 1 heterocycles. The molecule has 0 spiro atoms. The predicted octanol–water partition coefficient (Wildman–Crippen LogP) is 3.05. The molecule has 2 atom stereocenters.